The number of aromatic carboxylic acids is 1. The van der Waals surface area contributed by atoms with Gasteiger partial charge in [0.05, 0.1) is 81.2 Å². The number of carbonyl (C=O) groups excluding carboxylic acids is 3. The zero-order chi connectivity index (χ0) is 93.2. The fourth-order valence-electron chi connectivity index (χ4n) is 17.1. The monoisotopic (exact) mass is 1920 g/mol. The molecule has 128 heavy (non-hydrogen) atoms. The summed E-state index contributed by atoms with van der Waals surface area (Å²) in [6.07, 6.45) is 12.9. The Bertz CT molecular complexity index is 4690. The zero-order valence-electron chi connectivity index (χ0n) is 74.9. The van der Waals surface area contributed by atoms with E-state index in [4.69, 9.17) is 74.2 Å². The Morgan fingerprint density at radius 1 is 0.516 bits per heavy atom. The number of anilines is 1. The van der Waals surface area contributed by atoms with Crippen molar-refractivity contribution in [2.24, 2.45) is 36.7 Å². The van der Waals surface area contributed by atoms with Crippen molar-refractivity contribution in [1.29, 1.82) is 0 Å². The summed E-state index contributed by atoms with van der Waals surface area (Å²) in [6.45, 7) is 29.9. The van der Waals surface area contributed by atoms with Crippen LogP contribution >= 0.6 is 31.9 Å². The highest BCUT2D eigenvalue weighted by molar-refractivity contribution is 9.10. The van der Waals surface area contributed by atoms with E-state index in [-0.39, 0.29) is 60.1 Å². The number of carboxylic acids is 1. The number of aliphatic imine (C=N–C) groups is 4. The van der Waals surface area contributed by atoms with Crippen molar-refractivity contribution < 1.29 is 98.3 Å². The van der Waals surface area contributed by atoms with E-state index < -0.39 is 103 Å². The minimum atomic E-state index is -1.15. The number of hydrogen-bond donors (Lipinski definition) is 7. The van der Waals surface area contributed by atoms with Gasteiger partial charge in [-0.3, -0.25) is 0 Å². The van der Waals surface area contributed by atoms with Gasteiger partial charge in [0.1, 0.15) is 74.0 Å². The molecule has 4 saturated heterocycles. The van der Waals surface area contributed by atoms with Crippen LogP contribution in [0.4, 0.5) is 47.7 Å². The second kappa shape index (κ2) is 44.0. The average molecular weight is 1930 g/mol. The quantitative estimate of drug-likeness (QED) is 0.0189. The van der Waals surface area contributed by atoms with Crippen LogP contribution in [-0.2, 0) is 74.3 Å². The van der Waals surface area contributed by atoms with Gasteiger partial charge in [-0.15, -0.1) is 0 Å². The number of amides is 3. The number of alkyl carbamates (subject to hydrolysis) is 3. The van der Waals surface area contributed by atoms with Crippen molar-refractivity contribution in [3.63, 3.8) is 0 Å². The molecule has 3 amide bonds. The molecule has 5 fully saturated rings. The van der Waals surface area contributed by atoms with Crippen molar-refractivity contribution in [3.05, 3.63) is 168 Å². The topological polar surface area (TPSA) is 401 Å². The van der Waals surface area contributed by atoms with Crippen molar-refractivity contribution >= 4 is 91.6 Å². The number of carbonyl (C=O) groups is 4. The van der Waals surface area contributed by atoms with Gasteiger partial charge in [0, 0.05) is 131 Å². The number of nitrogen functional groups attached to an aromatic ring is 1. The number of nitrogens with two attached hydrogens (primary N) is 2. The normalized spacial score (nSPS) is 24.0. The highest BCUT2D eigenvalue weighted by Crippen LogP contribution is 2.50. The number of ether oxygens (including phenoxy) is 11. The number of hydrogen-bond acceptors (Lipinski definition) is 24. The Morgan fingerprint density at radius 2 is 0.859 bits per heavy atom. The standard InChI is InChI=1S/C20H26BrFN2O4.C20H26FN5O4.C20H28FN3O4.C15H18BrFN2O2.C9H19N.C6H4FNO2.CH4/c1-18(2,3)28-17(25)23-16-24-19(4,14-11-13(21)5-6-15(14)22)12-20(27-16)7-9-26-10-8-20;1-18(2,3)30-17(27)23-16-24-19(4,12-20(29-16)7-9-28-10-8-20)14-11-13(25-26-22)5-6-15(14)21;1-18(2,3)28-17(25)23-16-24-19(4,14-11-13(22)5-6-15(14)21)12-20(27-16)7-9-26-10-8-20;1-14(11-8-10(16)2-3-12(11)17)9-15(21-13(18)19-14)4-6-20-7-5-15;1-3-8-6-4-5-7-9(8)10-2;7-4-1-2-5(6(9)10)8-3-4;/h5-6,11H,7-10,12H2,1-4H3,(H,23,24,25);5-6,11H,7-10,12H2,1-4H3,(H,23,24,27);5-6,11H,7-10,12,22H2,1-4H3,(H,23,24,25);2-3,8H,4-7,9H2,1H3,(H2,18,19);8-10H,3-7H2,1-2H3;1-3H,(H,9,10);1H4. The summed E-state index contributed by atoms with van der Waals surface area (Å²) in [5.74, 6) is -2.25. The molecule has 4 aromatic carbocycles. The molecule has 6 unspecified atom stereocenters. The number of carboxylic acid groups (broad SMARTS) is 1. The smallest absolute Gasteiger partial charge is 0.415 e. The Hall–Kier alpha value is -9.49. The molecule has 1 aliphatic carbocycles. The van der Waals surface area contributed by atoms with E-state index in [9.17, 15) is 41.1 Å². The number of amidine groups is 4. The fraction of sp³-hybridized carbons (Fsp3) is 0.593. The van der Waals surface area contributed by atoms with Gasteiger partial charge < -0.3 is 74.0 Å². The van der Waals surface area contributed by atoms with Crippen molar-refractivity contribution in [3.8, 4) is 0 Å². The molecule has 6 atom stereocenters. The second-order valence-electron chi connectivity index (χ2n) is 36.8. The lowest BCUT2D eigenvalue weighted by Gasteiger charge is -2.46. The summed E-state index contributed by atoms with van der Waals surface area (Å²) < 4.78 is 134. The third-order valence-electron chi connectivity index (χ3n) is 22.8. The summed E-state index contributed by atoms with van der Waals surface area (Å²) >= 11 is 6.80. The molecule has 37 heteroatoms. The highest BCUT2D eigenvalue weighted by atomic mass is 79.9. The molecule has 9 aliphatic rings. The van der Waals surface area contributed by atoms with Gasteiger partial charge in [-0.1, -0.05) is 70.6 Å². The van der Waals surface area contributed by atoms with Gasteiger partial charge in [0.25, 0.3) is 24.1 Å². The van der Waals surface area contributed by atoms with Crippen LogP contribution < -0.4 is 32.7 Å². The lowest BCUT2D eigenvalue weighted by Crippen LogP contribution is -2.53. The van der Waals surface area contributed by atoms with Gasteiger partial charge in [0.2, 0.25) is 0 Å². The van der Waals surface area contributed by atoms with E-state index in [1.54, 1.807) is 99.6 Å². The summed E-state index contributed by atoms with van der Waals surface area (Å²) in [5, 5.41) is 23.0. The Morgan fingerprint density at radius 3 is 1.20 bits per heavy atom. The van der Waals surface area contributed by atoms with Crippen LogP contribution in [0, 0.1) is 35.0 Å². The van der Waals surface area contributed by atoms with Crippen molar-refractivity contribution in [1.82, 2.24) is 26.3 Å². The maximum absolute atomic E-state index is 14.8. The van der Waals surface area contributed by atoms with E-state index in [2.05, 4.69) is 102 Å². The van der Waals surface area contributed by atoms with Crippen molar-refractivity contribution in [2.45, 2.75) is 281 Å². The molecule has 9 N–H and O–H groups in total. The number of halogens is 7. The molecule has 1 saturated carbocycles. The largest absolute Gasteiger partial charge is 0.477 e. The SMILES string of the molecule is C.CC(C)(C)OC(=O)NC1=NC(C)(c2cc(Br)ccc2F)CC2(CCOCC2)O1.CC(C)(C)OC(=O)NC1=NC(C)(c2cc(N)ccc2F)CC2(CCOCC2)O1.CC(C)(C)OC(=O)NC1=NC(C)(c2cc(N=[N+]=[N-])ccc2F)CC2(CCOCC2)O1.CC1(c2cc(Br)ccc2F)CC2(CCOCC2)OC(N)=N1.CCC1CCCCC1NC.O=C(O)c1ccc(F)cn1. The first-order chi connectivity index (χ1) is 59.6. The summed E-state index contributed by atoms with van der Waals surface area (Å²) in [5.41, 5.74) is 14.7. The Balaban J connectivity index is 0.000000197. The molecule has 9 heterocycles. The molecular weight excluding hydrogens is 1800 g/mol. The second-order valence-corrected chi connectivity index (χ2v) is 38.7. The Labute approximate surface area is 762 Å². The van der Waals surface area contributed by atoms with E-state index in [0.717, 1.165) is 52.1 Å². The van der Waals surface area contributed by atoms with E-state index >= 15 is 0 Å². The predicted molar refractivity (Wildman–Crippen MR) is 483 cm³/mol. The molecule has 0 radical (unpaired) electrons. The van der Waals surface area contributed by atoms with Crippen LogP contribution in [0.15, 0.2) is 125 Å². The lowest BCUT2D eigenvalue weighted by atomic mass is 9.76. The van der Waals surface area contributed by atoms with Crippen LogP contribution in [0.3, 0.4) is 0 Å². The van der Waals surface area contributed by atoms with Gasteiger partial charge in [-0.05, 0) is 206 Å². The van der Waals surface area contributed by atoms with E-state index in [1.807, 2.05) is 20.8 Å². The first-order valence-corrected chi connectivity index (χ1v) is 44.2. The van der Waals surface area contributed by atoms with Gasteiger partial charge in [-0.25, -0.2) is 82.0 Å². The number of aromatic nitrogens is 1. The number of benzene rings is 4. The van der Waals surface area contributed by atoms with Crippen LogP contribution in [0.1, 0.15) is 246 Å². The van der Waals surface area contributed by atoms with Crippen LogP contribution in [0.5, 0.6) is 0 Å². The Kier molecular flexibility index (Phi) is 35.7. The van der Waals surface area contributed by atoms with Gasteiger partial charge in [-0.2, -0.15) is 0 Å². The minimum absolute atomic E-state index is 0. The number of nitrogens with one attached hydrogen (secondary N) is 4. The summed E-state index contributed by atoms with van der Waals surface area (Å²) in [4.78, 5) is 71.1. The fourth-order valence-corrected chi connectivity index (χ4v) is 17.8. The third-order valence-corrected chi connectivity index (χ3v) is 23.8. The first kappa shape index (κ1) is 104. The maximum Gasteiger partial charge on any atom is 0.415 e. The zero-order valence-corrected chi connectivity index (χ0v) is 78.1. The molecule has 704 valence electrons. The van der Waals surface area contributed by atoms with Crippen LogP contribution in [0.25, 0.3) is 10.4 Å². The number of azide groups is 1. The minimum Gasteiger partial charge on any atom is -0.477 e. The van der Waals surface area contributed by atoms with Gasteiger partial charge >= 0.3 is 24.2 Å². The molecule has 30 nitrogen and oxygen atoms in total. The van der Waals surface area contributed by atoms with Crippen LogP contribution in [0.2, 0.25) is 0 Å². The molecule has 5 aromatic rings. The summed E-state index contributed by atoms with van der Waals surface area (Å²) in [6, 6.07) is 21.4. The van der Waals surface area contributed by atoms with Gasteiger partial charge in [0.15, 0.2) is 0 Å². The molecular formula is C91H125Br2F5N14O16. The summed E-state index contributed by atoms with van der Waals surface area (Å²) in [7, 11) is 2.10. The molecule has 14 rings (SSSR count). The molecule has 0 bridgehead atoms. The molecule has 1 aromatic heterocycles. The predicted octanol–water partition coefficient (Wildman–Crippen LogP) is 19.8. The molecule has 8 aliphatic heterocycles. The van der Waals surface area contributed by atoms with Crippen LogP contribution in [-0.4, -0.2) is 164 Å². The third kappa shape index (κ3) is 29.5. The first-order valence-electron chi connectivity index (χ1n) is 42.6. The molecule has 4 spiro atoms. The maximum atomic E-state index is 14.8. The van der Waals surface area contributed by atoms with Crippen molar-refractivity contribution in [2.75, 3.05) is 65.6 Å². The van der Waals surface area contributed by atoms with E-state index in [1.165, 1.54) is 74.6 Å². The number of pyridine rings is 1. The van der Waals surface area contributed by atoms with E-state index in [0.29, 0.717) is 139 Å². The number of rotatable bonds is 8. The number of nitrogens with zero attached hydrogens (tertiary/aromatic N) is 8. The lowest BCUT2D eigenvalue weighted by molar-refractivity contribution is -0.0820. The average Bonchev–Trinajstić information content (AvgIpc) is 0.760. The highest BCUT2D eigenvalue weighted by Gasteiger charge is 2.53.